The van der Waals surface area contributed by atoms with Crippen molar-refractivity contribution in [1.82, 2.24) is 5.32 Å². The van der Waals surface area contributed by atoms with Crippen LogP contribution >= 0.6 is 11.8 Å². The highest BCUT2D eigenvalue weighted by Crippen LogP contribution is 2.23. The number of hydrogen-bond acceptors (Lipinski definition) is 4. The monoisotopic (exact) mass is 408 g/mol. The van der Waals surface area contributed by atoms with Gasteiger partial charge in [-0.25, -0.2) is 4.79 Å². The lowest BCUT2D eigenvalue weighted by Gasteiger charge is -2.11. The van der Waals surface area contributed by atoms with Crippen molar-refractivity contribution < 1.29 is 14.3 Å². The fourth-order valence-corrected chi connectivity index (χ4v) is 3.69. The summed E-state index contributed by atoms with van der Waals surface area (Å²) in [6, 6.07) is 15.5. The van der Waals surface area contributed by atoms with Crippen LogP contribution in [-0.4, -0.2) is 36.9 Å². The van der Waals surface area contributed by atoms with Crippen molar-refractivity contribution in [2.45, 2.75) is 30.4 Å². The van der Waals surface area contributed by atoms with Crippen LogP contribution in [0.1, 0.15) is 25.0 Å². The Balaban J connectivity index is 1.44. The van der Waals surface area contributed by atoms with Crippen molar-refractivity contribution in [3.05, 3.63) is 59.7 Å². The molecule has 0 spiro atoms. The number of carbonyl (C=O) groups excluding carboxylic acids is 2. The van der Waals surface area contributed by atoms with Crippen LogP contribution in [0.3, 0.4) is 0 Å². The summed E-state index contributed by atoms with van der Waals surface area (Å²) >= 11 is 1.80. The summed E-state index contributed by atoms with van der Waals surface area (Å²) in [5.74, 6) is 5.92. The van der Waals surface area contributed by atoms with Crippen LogP contribution in [0.15, 0.2) is 53.4 Å². The number of amides is 2. The van der Waals surface area contributed by atoms with E-state index in [1.165, 1.54) is 4.90 Å². The van der Waals surface area contributed by atoms with Gasteiger partial charge in [-0.15, -0.1) is 11.8 Å². The second-order valence-corrected chi connectivity index (χ2v) is 8.53. The average molecular weight is 409 g/mol. The molecule has 0 atom stereocenters. The first-order valence-electron chi connectivity index (χ1n) is 9.57. The van der Waals surface area contributed by atoms with Crippen LogP contribution < -0.4 is 10.2 Å². The van der Waals surface area contributed by atoms with Gasteiger partial charge in [0, 0.05) is 21.4 Å². The lowest BCUT2D eigenvalue weighted by atomic mass is 10.1. The van der Waals surface area contributed by atoms with E-state index in [0.717, 1.165) is 16.8 Å². The van der Waals surface area contributed by atoms with E-state index in [-0.39, 0.29) is 12.0 Å². The smallest absolute Gasteiger partial charge is 0.414 e. The molecule has 0 saturated carbocycles. The molecule has 3 rings (SSSR count). The Kier molecular flexibility index (Phi) is 7.20. The minimum absolute atomic E-state index is 0.0496. The van der Waals surface area contributed by atoms with Gasteiger partial charge < -0.3 is 10.1 Å². The van der Waals surface area contributed by atoms with E-state index < -0.39 is 0 Å². The van der Waals surface area contributed by atoms with Gasteiger partial charge in [0.1, 0.15) is 6.61 Å². The Morgan fingerprint density at radius 3 is 2.52 bits per heavy atom. The van der Waals surface area contributed by atoms with Gasteiger partial charge in [-0.1, -0.05) is 37.8 Å². The molecule has 1 aliphatic heterocycles. The molecule has 29 heavy (non-hydrogen) atoms. The molecule has 1 N–H and O–H groups in total. The number of rotatable bonds is 6. The quantitative estimate of drug-likeness (QED) is 0.583. The number of benzene rings is 2. The Labute approximate surface area is 175 Å². The maximum Gasteiger partial charge on any atom is 0.414 e. The molecular weight excluding hydrogens is 384 g/mol. The van der Waals surface area contributed by atoms with Gasteiger partial charge in [-0.2, -0.15) is 0 Å². The maximum absolute atomic E-state index is 12.1. The molecule has 6 heteroatoms. The maximum atomic E-state index is 12.1. The molecular formula is C23H24N2O3S. The molecule has 5 nitrogen and oxygen atoms in total. The molecule has 0 aromatic heterocycles. The number of nitrogens with one attached hydrogen (secondary N) is 1. The zero-order valence-electron chi connectivity index (χ0n) is 16.6. The number of cyclic esters (lactones) is 1. The van der Waals surface area contributed by atoms with Crippen LogP contribution in [0.4, 0.5) is 10.5 Å². The standard InChI is InChI=1S/C23H24N2O3S/c1-17(2)29-21-11-7-19(8-12-21)16-22(26)24-13-3-4-18-5-9-20(10-6-18)25-14-15-28-23(25)27/h5-12,17H,13-16H2,1-2H3,(H,24,26). The van der Waals surface area contributed by atoms with E-state index in [1.807, 2.05) is 36.4 Å². The zero-order chi connectivity index (χ0) is 20.6. The van der Waals surface area contributed by atoms with Gasteiger partial charge in [0.05, 0.1) is 19.5 Å². The molecule has 2 amide bonds. The summed E-state index contributed by atoms with van der Waals surface area (Å²) in [5, 5.41) is 3.36. The Morgan fingerprint density at radius 1 is 1.17 bits per heavy atom. The number of nitrogens with zero attached hydrogens (tertiary/aromatic N) is 1. The topological polar surface area (TPSA) is 58.6 Å². The Bertz CT molecular complexity index is 912. The van der Waals surface area contributed by atoms with Crippen LogP contribution in [0.2, 0.25) is 0 Å². The molecule has 2 aromatic carbocycles. The predicted molar refractivity (Wildman–Crippen MR) is 116 cm³/mol. The lowest BCUT2D eigenvalue weighted by Crippen LogP contribution is -2.25. The summed E-state index contributed by atoms with van der Waals surface area (Å²) in [6.45, 7) is 5.59. The average Bonchev–Trinajstić information content (AvgIpc) is 3.13. The second kappa shape index (κ2) is 10.0. The van der Waals surface area contributed by atoms with Crippen molar-refractivity contribution >= 4 is 29.4 Å². The van der Waals surface area contributed by atoms with E-state index in [4.69, 9.17) is 4.74 Å². The van der Waals surface area contributed by atoms with Gasteiger partial charge in [-0.3, -0.25) is 9.69 Å². The third kappa shape index (κ3) is 6.30. The largest absolute Gasteiger partial charge is 0.447 e. The van der Waals surface area contributed by atoms with Crippen molar-refractivity contribution in [2.24, 2.45) is 0 Å². The van der Waals surface area contributed by atoms with Crippen LogP contribution in [-0.2, 0) is 16.0 Å². The molecule has 0 radical (unpaired) electrons. The molecule has 0 unspecified atom stereocenters. The van der Waals surface area contributed by atoms with E-state index in [1.54, 1.807) is 16.7 Å². The third-order valence-corrected chi connectivity index (χ3v) is 5.22. The highest BCUT2D eigenvalue weighted by atomic mass is 32.2. The Hall–Kier alpha value is -2.91. The summed E-state index contributed by atoms with van der Waals surface area (Å²) < 4.78 is 4.93. The van der Waals surface area contributed by atoms with Gasteiger partial charge in [0.15, 0.2) is 0 Å². The van der Waals surface area contributed by atoms with Crippen molar-refractivity contribution in [2.75, 3.05) is 24.6 Å². The molecule has 0 aliphatic carbocycles. The van der Waals surface area contributed by atoms with Gasteiger partial charge in [-0.05, 0) is 42.0 Å². The predicted octanol–water partition coefficient (Wildman–Crippen LogP) is 3.85. The van der Waals surface area contributed by atoms with Crippen LogP contribution in [0.25, 0.3) is 0 Å². The second-order valence-electron chi connectivity index (χ2n) is 6.88. The molecule has 2 aromatic rings. The highest BCUT2D eigenvalue weighted by Gasteiger charge is 2.23. The number of ether oxygens (including phenoxy) is 1. The zero-order valence-corrected chi connectivity index (χ0v) is 17.4. The van der Waals surface area contributed by atoms with E-state index in [0.29, 0.717) is 31.4 Å². The van der Waals surface area contributed by atoms with E-state index in [2.05, 4.69) is 43.1 Å². The highest BCUT2D eigenvalue weighted by molar-refractivity contribution is 7.99. The van der Waals surface area contributed by atoms with E-state index in [9.17, 15) is 9.59 Å². The Morgan fingerprint density at radius 2 is 1.90 bits per heavy atom. The molecule has 1 saturated heterocycles. The van der Waals surface area contributed by atoms with Crippen molar-refractivity contribution in [3.8, 4) is 11.8 Å². The first-order chi connectivity index (χ1) is 14.0. The van der Waals surface area contributed by atoms with Crippen molar-refractivity contribution in [3.63, 3.8) is 0 Å². The first kappa shape index (κ1) is 20.8. The molecule has 150 valence electrons. The summed E-state index contributed by atoms with van der Waals surface area (Å²) in [4.78, 5) is 26.4. The summed E-state index contributed by atoms with van der Waals surface area (Å²) in [6.07, 6.45) is 0.0226. The van der Waals surface area contributed by atoms with Gasteiger partial charge in [0.25, 0.3) is 0 Å². The molecule has 1 fully saturated rings. The number of carbonyl (C=O) groups is 2. The third-order valence-electron chi connectivity index (χ3n) is 4.21. The van der Waals surface area contributed by atoms with E-state index >= 15 is 0 Å². The SMILES string of the molecule is CC(C)Sc1ccc(CC(=O)NCC#Cc2ccc(N3CCOC3=O)cc2)cc1. The fraction of sp³-hybridized carbons (Fsp3) is 0.304. The number of thioether (sulfide) groups is 1. The van der Waals surface area contributed by atoms with Gasteiger partial charge >= 0.3 is 6.09 Å². The number of hydrogen-bond donors (Lipinski definition) is 1. The molecule has 0 bridgehead atoms. The minimum atomic E-state index is -0.320. The molecule has 1 aliphatic rings. The fourth-order valence-electron chi connectivity index (χ4n) is 2.85. The van der Waals surface area contributed by atoms with Crippen molar-refractivity contribution in [1.29, 1.82) is 0 Å². The summed E-state index contributed by atoms with van der Waals surface area (Å²) in [7, 11) is 0. The lowest BCUT2D eigenvalue weighted by molar-refractivity contribution is -0.120. The van der Waals surface area contributed by atoms with Crippen LogP contribution in [0.5, 0.6) is 0 Å². The summed E-state index contributed by atoms with van der Waals surface area (Å²) in [5.41, 5.74) is 2.61. The molecule has 1 heterocycles. The first-order valence-corrected chi connectivity index (χ1v) is 10.4. The normalized spacial score (nSPS) is 13.1. The minimum Gasteiger partial charge on any atom is -0.447 e. The van der Waals surface area contributed by atoms with Crippen LogP contribution in [0, 0.1) is 11.8 Å². The van der Waals surface area contributed by atoms with Gasteiger partial charge in [0.2, 0.25) is 5.91 Å². The number of anilines is 1.